The number of aliphatic imine (C=N–C) groups is 1. The van der Waals surface area contributed by atoms with Crippen molar-refractivity contribution in [1.29, 1.82) is 0 Å². The van der Waals surface area contributed by atoms with Crippen LogP contribution in [0.2, 0.25) is 0 Å². The third kappa shape index (κ3) is 6.76. The summed E-state index contributed by atoms with van der Waals surface area (Å²) in [6, 6.07) is 14.7. The van der Waals surface area contributed by atoms with E-state index in [1.807, 2.05) is 6.07 Å². The number of nitrogens with one attached hydrogen (secondary N) is 1. The molecule has 0 amide bonds. The van der Waals surface area contributed by atoms with E-state index >= 15 is 0 Å². The Morgan fingerprint density at radius 3 is 2.36 bits per heavy atom. The summed E-state index contributed by atoms with van der Waals surface area (Å²) in [5.41, 5.74) is 11.9. The van der Waals surface area contributed by atoms with Gasteiger partial charge in [-0.1, -0.05) is 30.3 Å². The highest BCUT2D eigenvalue weighted by atomic mass is 127. The molecule has 6 heteroatoms. The fourth-order valence-corrected chi connectivity index (χ4v) is 3.27. The van der Waals surface area contributed by atoms with Crippen molar-refractivity contribution in [2.75, 3.05) is 18.4 Å². The van der Waals surface area contributed by atoms with Crippen molar-refractivity contribution >= 4 is 35.6 Å². The molecule has 1 fully saturated rings. The van der Waals surface area contributed by atoms with Gasteiger partial charge in [-0.2, -0.15) is 0 Å². The number of benzene rings is 2. The molecule has 1 saturated heterocycles. The van der Waals surface area contributed by atoms with Crippen LogP contribution in [-0.4, -0.2) is 35.2 Å². The molecule has 1 heterocycles. The van der Waals surface area contributed by atoms with Gasteiger partial charge in [0.05, 0.1) is 12.6 Å². The number of nitrogens with two attached hydrogens (primary N) is 1. The maximum Gasteiger partial charge on any atom is 0.193 e. The molecule has 0 atom stereocenters. The molecule has 0 bridgehead atoms. The lowest BCUT2D eigenvalue weighted by Gasteiger charge is -2.29. The summed E-state index contributed by atoms with van der Waals surface area (Å²) >= 11 is 0. The molecule has 3 rings (SSSR count). The van der Waals surface area contributed by atoms with Crippen molar-refractivity contribution in [3.8, 4) is 0 Å². The maximum absolute atomic E-state index is 9.60. The number of hydrogen-bond donors (Lipinski definition) is 3. The summed E-state index contributed by atoms with van der Waals surface area (Å²) in [5, 5.41) is 12.7. The molecule has 2 aromatic carbocycles. The zero-order chi connectivity index (χ0) is 19.2. The zero-order valence-electron chi connectivity index (χ0n) is 16.7. The number of likely N-dealkylation sites (tertiary alicyclic amines) is 1. The van der Waals surface area contributed by atoms with E-state index in [4.69, 9.17) is 5.73 Å². The summed E-state index contributed by atoms with van der Waals surface area (Å²) in [6.07, 6.45) is 1.63. The number of aliphatic hydroxyl groups is 1. The Bertz CT molecular complexity index is 784. The van der Waals surface area contributed by atoms with E-state index in [9.17, 15) is 5.11 Å². The lowest BCUT2D eigenvalue weighted by Crippen LogP contribution is -2.35. The van der Waals surface area contributed by atoms with Gasteiger partial charge in [-0.25, -0.2) is 4.99 Å². The van der Waals surface area contributed by atoms with E-state index < -0.39 is 0 Å². The van der Waals surface area contributed by atoms with Gasteiger partial charge in [0, 0.05) is 25.3 Å². The molecule has 0 radical (unpaired) electrons. The van der Waals surface area contributed by atoms with E-state index in [1.165, 1.54) is 16.7 Å². The number of hydrogen-bond acceptors (Lipinski definition) is 3. The second-order valence-electron chi connectivity index (χ2n) is 7.45. The summed E-state index contributed by atoms with van der Waals surface area (Å²) in [5.74, 6) is 0.425. The van der Waals surface area contributed by atoms with Gasteiger partial charge in [0.25, 0.3) is 0 Å². The van der Waals surface area contributed by atoms with Gasteiger partial charge in [0.15, 0.2) is 5.96 Å². The lowest BCUT2D eigenvalue weighted by atomic mass is 10.1. The molecule has 2 aromatic rings. The summed E-state index contributed by atoms with van der Waals surface area (Å²) in [4.78, 5) is 6.83. The van der Waals surface area contributed by atoms with Crippen LogP contribution < -0.4 is 11.1 Å². The van der Waals surface area contributed by atoms with Gasteiger partial charge in [-0.3, -0.25) is 4.90 Å². The van der Waals surface area contributed by atoms with Gasteiger partial charge >= 0.3 is 0 Å². The average Bonchev–Trinajstić information content (AvgIpc) is 2.66. The molecule has 1 aliphatic heterocycles. The van der Waals surface area contributed by atoms with Crippen LogP contribution in [0.1, 0.15) is 35.1 Å². The first-order valence-electron chi connectivity index (χ1n) is 9.62. The third-order valence-electron chi connectivity index (χ3n) is 5.20. The van der Waals surface area contributed by atoms with Crippen LogP contribution in [-0.2, 0) is 13.1 Å². The Kier molecular flexibility index (Phi) is 8.72. The summed E-state index contributed by atoms with van der Waals surface area (Å²) < 4.78 is 0. The second kappa shape index (κ2) is 10.8. The minimum atomic E-state index is -0.121. The van der Waals surface area contributed by atoms with Gasteiger partial charge in [0.1, 0.15) is 0 Å². The topological polar surface area (TPSA) is 73.9 Å². The molecule has 152 valence electrons. The average molecular weight is 494 g/mol. The molecular formula is C22H31IN4O. The molecule has 28 heavy (non-hydrogen) atoms. The molecule has 4 N–H and O–H groups in total. The molecule has 1 aliphatic rings. The Labute approximate surface area is 185 Å². The van der Waals surface area contributed by atoms with Crippen molar-refractivity contribution in [3.05, 3.63) is 64.7 Å². The molecule has 0 aliphatic carbocycles. The molecule has 0 spiro atoms. The normalized spacial score (nSPS) is 15.9. The van der Waals surface area contributed by atoms with Crippen LogP contribution in [0.25, 0.3) is 0 Å². The lowest BCUT2D eigenvalue weighted by molar-refractivity contribution is 0.0792. The largest absolute Gasteiger partial charge is 0.393 e. The fourth-order valence-electron chi connectivity index (χ4n) is 3.27. The number of halogens is 1. The molecule has 0 aromatic heterocycles. The Morgan fingerprint density at radius 1 is 1.07 bits per heavy atom. The van der Waals surface area contributed by atoms with Crippen molar-refractivity contribution in [2.24, 2.45) is 10.7 Å². The van der Waals surface area contributed by atoms with Gasteiger partial charge in [-0.15, -0.1) is 24.0 Å². The Balaban J connectivity index is 0.00000280. The van der Waals surface area contributed by atoms with Crippen molar-refractivity contribution in [2.45, 2.75) is 45.9 Å². The number of rotatable bonds is 5. The summed E-state index contributed by atoms with van der Waals surface area (Å²) in [6.45, 7) is 7.60. The fraction of sp³-hybridized carbons (Fsp3) is 0.409. The Morgan fingerprint density at radius 2 is 1.71 bits per heavy atom. The van der Waals surface area contributed by atoms with E-state index in [0.29, 0.717) is 12.5 Å². The first kappa shape index (κ1) is 22.6. The van der Waals surface area contributed by atoms with E-state index in [-0.39, 0.29) is 30.1 Å². The van der Waals surface area contributed by atoms with Crippen molar-refractivity contribution < 1.29 is 5.11 Å². The third-order valence-corrected chi connectivity index (χ3v) is 5.20. The SMILES string of the molecule is Cc1ccc(NC(N)=NCc2ccc(CN3CCC(O)CC3)cc2)cc1C.I. The van der Waals surface area contributed by atoms with Crippen LogP contribution >= 0.6 is 24.0 Å². The number of aryl methyl sites for hydroxylation is 2. The van der Waals surface area contributed by atoms with E-state index in [2.05, 4.69) is 65.5 Å². The summed E-state index contributed by atoms with van der Waals surface area (Å²) in [7, 11) is 0. The standard InChI is InChI=1S/C22H30N4O.HI/c1-16-3-8-20(13-17(16)2)25-22(23)24-14-18-4-6-19(7-5-18)15-26-11-9-21(27)10-12-26;/h3-8,13,21,27H,9-12,14-15H2,1-2H3,(H3,23,24,25);1H. The van der Waals surface area contributed by atoms with Crippen LogP contribution in [0, 0.1) is 13.8 Å². The number of piperidine rings is 1. The molecule has 0 saturated carbocycles. The van der Waals surface area contributed by atoms with E-state index in [1.54, 1.807) is 0 Å². The predicted molar refractivity (Wildman–Crippen MR) is 127 cm³/mol. The first-order chi connectivity index (χ1) is 13.0. The highest BCUT2D eigenvalue weighted by Gasteiger charge is 2.16. The Hall–Kier alpha value is -1.64. The monoisotopic (exact) mass is 494 g/mol. The highest BCUT2D eigenvalue weighted by molar-refractivity contribution is 14.0. The zero-order valence-corrected chi connectivity index (χ0v) is 19.0. The van der Waals surface area contributed by atoms with Crippen molar-refractivity contribution in [1.82, 2.24) is 4.90 Å². The van der Waals surface area contributed by atoms with Gasteiger partial charge in [0.2, 0.25) is 0 Å². The number of aliphatic hydroxyl groups excluding tert-OH is 1. The maximum atomic E-state index is 9.60. The molecule has 5 nitrogen and oxygen atoms in total. The number of guanidine groups is 1. The van der Waals surface area contributed by atoms with Crippen molar-refractivity contribution in [3.63, 3.8) is 0 Å². The van der Waals surface area contributed by atoms with Crippen LogP contribution in [0.4, 0.5) is 5.69 Å². The number of anilines is 1. The van der Waals surface area contributed by atoms with Crippen LogP contribution in [0.3, 0.4) is 0 Å². The van der Waals surface area contributed by atoms with E-state index in [0.717, 1.165) is 43.7 Å². The smallest absolute Gasteiger partial charge is 0.193 e. The predicted octanol–water partition coefficient (Wildman–Crippen LogP) is 3.80. The minimum absolute atomic E-state index is 0. The van der Waals surface area contributed by atoms with Crippen LogP contribution in [0.5, 0.6) is 0 Å². The quantitative estimate of drug-likeness (QED) is 0.336. The van der Waals surface area contributed by atoms with Gasteiger partial charge in [-0.05, 0) is 61.1 Å². The van der Waals surface area contributed by atoms with Gasteiger partial charge < -0.3 is 16.2 Å². The minimum Gasteiger partial charge on any atom is -0.393 e. The molecule has 0 unspecified atom stereocenters. The highest BCUT2D eigenvalue weighted by Crippen LogP contribution is 2.15. The first-order valence-corrected chi connectivity index (χ1v) is 9.62. The molecular weight excluding hydrogens is 463 g/mol. The number of nitrogens with zero attached hydrogens (tertiary/aromatic N) is 2. The van der Waals surface area contributed by atoms with Crippen LogP contribution in [0.15, 0.2) is 47.5 Å². The second-order valence-corrected chi connectivity index (χ2v) is 7.45.